The maximum atomic E-state index is 9.45. The molecule has 0 unspecified atom stereocenters. The summed E-state index contributed by atoms with van der Waals surface area (Å²) in [4.78, 5) is 0. The van der Waals surface area contributed by atoms with Gasteiger partial charge >= 0.3 is 7.12 Å². The molecule has 20 heavy (non-hydrogen) atoms. The molecule has 0 atom stereocenters. The molecule has 5 N–H and O–H groups in total. The molecular formula is C14H13BO5. The van der Waals surface area contributed by atoms with Gasteiger partial charge in [-0.2, -0.15) is 0 Å². The van der Waals surface area contributed by atoms with Crippen LogP contribution >= 0.6 is 0 Å². The Balaban J connectivity index is 2.29. The van der Waals surface area contributed by atoms with Crippen molar-refractivity contribution in [3.63, 3.8) is 0 Å². The SMILES string of the molecule is OB(O)c1cc(/C=C/c2cc(O)cc(O)c2)ccc1O. The molecular weight excluding hydrogens is 259 g/mol. The summed E-state index contributed by atoms with van der Waals surface area (Å²) < 4.78 is 0. The Hall–Kier alpha value is -2.44. The van der Waals surface area contributed by atoms with E-state index in [2.05, 4.69) is 0 Å². The Bertz CT molecular complexity index is 632. The van der Waals surface area contributed by atoms with E-state index in [4.69, 9.17) is 10.0 Å². The fraction of sp³-hybridized carbons (Fsp3) is 0. The van der Waals surface area contributed by atoms with Crippen LogP contribution in [0.5, 0.6) is 17.2 Å². The molecule has 0 radical (unpaired) electrons. The highest BCUT2D eigenvalue weighted by atomic mass is 16.4. The fourth-order valence-electron chi connectivity index (χ4n) is 1.79. The molecule has 0 fully saturated rings. The first-order chi connectivity index (χ1) is 9.45. The summed E-state index contributed by atoms with van der Waals surface area (Å²) in [5.41, 5.74) is 1.22. The van der Waals surface area contributed by atoms with E-state index in [1.807, 2.05) is 0 Å². The van der Waals surface area contributed by atoms with E-state index >= 15 is 0 Å². The highest BCUT2D eigenvalue weighted by Gasteiger charge is 2.15. The molecule has 0 spiro atoms. The summed E-state index contributed by atoms with van der Waals surface area (Å²) in [6.45, 7) is 0. The van der Waals surface area contributed by atoms with Crippen LogP contribution in [-0.4, -0.2) is 32.5 Å². The molecule has 5 nitrogen and oxygen atoms in total. The van der Waals surface area contributed by atoms with E-state index in [0.717, 1.165) is 0 Å². The van der Waals surface area contributed by atoms with Gasteiger partial charge in [0, 0.05) is 11.5 Å². The van der Waals surface area contributed by atoms with Crippen LogP contribution in [0.2, 0.25) is 0 Å². The summed E-state index contributed by atoms with van der Waals surface area (Å²) in [6.07, 6.45) is 3.29. The van der Waals surface area contributed by atoms with Crippen molar-refractivity contribution in [3.05, 3.63) is 47.5 Å². The minimum Gasteiger partial charge on any atom is -0.508 e. The number of phenolic OH excluding ortho intramolecular Hbond substituents is 3. The molecule has 0 aliphatic heterocycles. The normalized spacial score (nSPS) is 10.9. The molecule has 0 saturated carbocycles. The van der Waals surface area contributed by atoms with Gasteiger partial charge in [-0.1, -0.05) is 24.3 Å². The highest BCUT2D eigenvalue weighted by Crippen LogP contribution is 2.22. The van der Waals surface area contributed by atoms with Crippen molar-refractivity contribution in [1.82, 2.24) is 0 Å². The second-order valence-corrected chi connectivity index (χ2v) is 4.31. The minimum atomic E-state index is -1.76. The zero-order valence-electron chi connectivity index (χ0n) is 10.4. The molecule has 0 aliphatic carbocycles. The second kappa shape index (κ2) is 5.69. The maximum Gasteiger partial charge on any atom is 0.492 e. The van der Waals surface area contributed by atoms with Crippen molar-refractivity contribution < 1.29 is 25.4 Å². The van der Waals surface area contributed by atoms with Gasteiger partial charge < -0.3 is 25.4 Å². The summed E-state index contributed by atoms with van der Waals surface area (Å²) >= 11 is 0. The third-order valence-corrected chi connectivity index (χ3v) is 2.72. The van der Waals surface area contributed by atoms with Gasteiger partial charge in [-0.15, -0.1) is 0 Å². The Morgan fingerprint density at radius 3 is 1.95 bits per heavy atom. The second-order valence-electron chi connectivity index (χ2n) is 4.31. The topological polar surface area (TPSA) is 101 Å². The van der Waals surface area contributed by atoms with Gasteiger partial charge in [0.25, 0.3) is 0 Å². The first kappa shape index (κ1) is 14.0. The number of benzene rings is 2. The third-order valence-electron chi connectivity index (χ3n) is 2.72. The maximum absolute atomic E-state index is 9.45. The molecule has 102 valence electrons. The van der Waals surface area contributed by atoms with Crippen LogP contribution in [0.3, 0.4) is 0 Å². The van der Waals surface area contributed by atoms with Crippen molar-refractivity contribution in [1.29, 1.82) is 0 Å². The van der Waals surface area contributed by atoms with Crippen molar-refractivity contribution >= 4 is 24.7 Å². The van der Waals surface area contributed by atoms with Crippen LogP contribution in [0.1, 0.15) is 11.1 Å². The third kappa shape index (κ3) is 3.31. The number of phenols is 3. The van der Waals surface area contributed by atoms with Gasteiger partial charge in [0.05, 0.1) is 0 Å². The van der Waals surface area contributed by atoms with Crippen molar-refractivity contribution in [2.24, 2.45) is 0 Å². The molecule has 0 aliphatic rings. The zero-order chi connectivity index (χ0) is 14.7. The average Bonchev–Trinajstić information content (AvgIpc) is 2.36. The molecule has 0 aromatic heterocycles. The molecule has 2 aromatic rings. The van der Waals surface area contributed by atoms with Gasteiger partial charge in [-0.3, -0.25) is 0 Å². The number of hydrogen-bond acceptors (Lipinski definition) is 5. The summed E-state index contributed by atoms with van der Waals surface area (Å²) in [5, 5.41) is 46.3. The smallest absolute Gasteiger partial charge is 0.492 e. The van der Waals surface area contributed by atoms with Crippen LogP contribution in [0, 0.1) is 0 Å². The number of aromatic hydroxyl groups is 3. The quantitative estimate of drug-likeness (QED) is 0.417. The monoisotopic (exact) mass is 272 g/mol. The molecule has 0 amide bonds. The first-order valence-electron chi connectivity index (χ1n) is 5.86. The Kier molecular flexibility index (Phi) is 3.98. The van der Waals surface area contributed by atoms with E-state index in [-0.39, 0.29) is 22.7 Å². The number of rotatable bonds is 3. The van der Waals surface area contributed by atoms with Crippen LogP contribution in [0.4, 0.5) is 0 Å². The lowest BCUT2D eigenvalue weighted by atomic mass is 9.79. The van der Waals surface area contributed by atoms with Crippen LogP contribution in [0.25, 0.3) is 12.2 Å². The summed E-state index contributed by atoms with van der Waals surface area (Å²) in [5.74, 6) is -0.309. The molecule has 2 aromatic carbocycles. The Labute approximate surface area is 115 Å². The predicted octanol–water partition coefficient (Wildman–Crippen LogP) is 0.654. The lowest BCUT2D eigenvalue weighted by molar-refractivity contribution is 0.419. The van der Waals surface area contributed by atoms with Crippen LogP contribution in [-0.2, 0) is 0 Å². The fourth-order valence-corrected chi connectivity index (χ4v) is 1.79. The van der Waals surface area contributed by atoms with Gasteiger partial charge in [-0.25, -0.2) is 0 Å². The summed E-state index contributed by atoms with van der Waals surface area (Å²) in [6, 6.07) is 8.54. The van der Waals surface area contributed by atoms with Gasteiger partial charge in [0.15, 0.2) is 0 Å². The van der Waals surface area contributed by atoms with E-state index in [9.17, 15) is 15.3 Å². The lowest BCUT2D eigenvalue weighted by Crippen LogP contribution is -2.30. The van der Waals surface area contributed by atoms with E-state index in [1.165, 1.54) is 30.3 Å². The molecule has 2 rings (SSSR count). The number of hydrogen-bond donors (Lipinski definition) is 5. The Morgan fingerprint density at radius 2 is 1.35 bits per heavy atom. The zero-order valence-corrected chi connectivity index (χ0v) is 10.4. The van der Waals surface area contributed by atoms with Crippen molar-refractivity contribution in [3.8, 4) is 17.2 Å². The standard InChI is InChI=1S/C14H13BO5/c16-11-5-10(6-12(17)8-11)2-1-9-3-4-14(18)13(7-9)15(19)20/h1-8,16-20H/b2-1+. The minimum absolute atomic E-state index is 0.00547. The first-order valence-corrected chi connectivity index (χ1v) is 5.86. The lowest BCUT2D eigenvalue weighted by Gasteiger charge is -2.04. The van der Waals surface area contributed by atoms with E-state index in [0.29, 0.717) is 11.1 Å². The molecule has 6 heteroatoms. The van der Waals surface area contributed by atoms with Crippen molar-refractivity contribution in [2.75, 3.05) is 0 Å². The predicted molar refractivity (Wildman–Crippen MR) is 76.6 cm³/mol. The molecule has 0 saturated heterocycles. The molecule has 0 bridgehead atoms. The van der Waals surface area contributed by atoms with Gasteiger partial charge in [0.2, 0.25) is 0 Å². The Morgan fingerprint density at radius 1 is 0.750 bits per heavy atom. The van der Waals surface area contributed by atoms with Gasteiger partial charge in [-0.05, 0) is 29.3 Å². The largest absolute Gasteiger partial charge is 0.508 e. The van der Waals surface area contributed by atoms with Gasteiger partial charge in [0.1, 0.15) is 17.2 Å². The van der Waals surface area contributed by atoms with E-state index < -0.39 is 7.12 Å². The molecule has 0 heterocycles. The van der Waals surface area contributed by atoms with E-state index in [1.54, 1.807) is 18.2 Å². The van der Waals surface area contributed by atoms with Crippen molar-refractivity contribution in [2.45, 2.75) is 0 Å². The van der Waals surface area contributed by atoms with Crippen LogP contribution < -0.4 is 5.46 Å². The van der Waals surface area contributed by atoms with Crippen LogP contribution in [0.15, 0.2) is 36.4 Å². The average molecular weight is 272 g/mol. The highest BCUT2D eigenvalue weighted by molar-refractivity contribution is 6.59. The summed E-state index contributed by atoms with van der Waals surface area (Å²) in [7, 11) is -1.76.